The summed E-state index contributed by atoms with van der Waals surface area (Å²) in [7, 11) is 0. The molecule has 1 heterocycles. The van der Waals surface area contributed by atoms with Gasteiger partial charge >= 0.3 is 0 Å². The van der Waals surface area contributed by atoms with E-state index in [0.717, 1.165) is 28.9 Å². The number of hydrogen-bond acceptors (Lipinski definition) is 2. The summed E-state index contributed by atoms with van der Waals surface area (Å²) in [5.41, 5.74) is 3.44. The molecule has 0 bridgehead atoms. The molecule has 0 radical (unpaired) electrons. The summed E-state index contributed by atoms with van der Waals surface area (Å²) in [6.07, 6.45) is 2.92. The zero-order valence-corrected chi connectivity index (χ0v) is 12.7. The van der Waals surface area contributed by atoms with Crippen molar-refractivity contribution in [2.45, 2.75) is 18.2 Å². The van der Waals surface area contributed by atoms with Gasteiger partial charge in [0, 0.05) is 18.3 Å². The molecule has 0 saturated carbocycles. The first-order valence-corrected chi connectivity index (χ1v) is 8.26. The van der Waals surface area contributed by atoms with Gasteiger partial charge in [-0.1, -0.05) is 13.0 Å². The second-order valence-corrected chi connectivity index (χ2v) is 6.26. The van der Waals surface area contributed by atoms with Crippen LogP contribution >= 0.6 is 0 Å². The average molecular weight is 298 g/mol. The van der Waals surface area contributed by atoms with Gasteiger partial charge in [-0.25, -0.2) is 0 Å². The number of rotatable bonds is 5. The van der Waals surface area contributed by atoms with Crippen molar-refractivity contribution in [3.05, 3.63) is 54.7 Å². The van der Waals surface area contributed by atoms with E-state index in [-0.39, 0.29) is 0 Å². The van der Waals surface area contributed by atoms with Crippen molar-refractivity contribution in [3.8, 4) is 11.1 Å². The maximum atomic E-state index is 12.0. The predicted octanol–water partition coefficient (Wildman–Crippen LogP) is 3.86. The van der Waals surface area contributed by atoms with Crippen LogP contribution < -0.4 is 4.72 Å². The molecule has 0 spiro atoms. The van der Waals surface area contributed by atoms with E-state index in [0.29, 0.717) is 0 Å². The van der Waals surface area contributed by atoms with Crippen molar-refractivity contribution >= 4 is 22.3 Å². The number of benzene rings is 2. The summed E-state index contributed by atoms with van der Waals surface area (Å²) in [4.78, 5) is 4.01. The molecule has 4 heteroatoms. The lowest BCUT2D eigenvalue weighted by atomic mass is 10.0. The van der Waals surface area contributed by atoms with E-state index in [2.05, 4.69) is 40.9 Å². The summed E-state index contributed by atoms with van der Waals surface area (Å²) in [6.45, 7) is 2.82. The highest BCUT2D eigenvalue weighted by Crippen LogP contribution is 2.25. The van der Waals surface area contributed by atoms with Crippen molar-refractivity contribution in [2.75, 3.05) is 6.54 Å². The topological polar surface area (TPSA) is 50.9 Å². The average Bonchev–Trinajstić information content (AvgIpc) is 3.00. The van der Waals surface area contributed by atoms with Gasteiger partial charge in [0.05, 0.1) is 11.4 Å². The second kappa shape index (κ2) is 6.35. The summed E-state index contributed by atoms with van der Waals surface area (Å²) in [5, 5.41) is 1.20. The SMILES string of the molecule is CCCN[S+]([O-])c1ccc(-c2ccc3[nH]ccc3c2)cc1. The second-order valence-electron chi connectivity index (χ2n) is 4.97. The number of hydrogen-bond donors (Lipinski definition) is 2. The van der Waals surface area contributed by atoms with Crippen LogP contribution in [-0.4, -0.2) is 16.1 Å². The number of H-pyrrole nitrogens is 1. The molecule has 0 aliphatic carbocycles. The maximum Gasteiger partial charge on any atom is 0.173 e. The van der Waals surface area contributed by atoms with Gasteiger partial charge in [-0.05, 0) is 65.4 Å². The van der Waals surface area contributed by atoms with Gasteiger partial charge in [-0.2, -0.15) is 0 Å². The fourth-order valence-electron chi connectivity index (χ4n) is 2.28. The molecule has 2 N–H and O–H groups in total. The fraction of sp³-hybridized carbons (Fsp3) is 0.176. The van der Waals surface area contributed by atoms with E-state index >= 15 is 0 Å². The summed E-state index contributed by atoms with van der Waals surface area (Å²) in [5.74, 6) is 0. The standard InChI is InChI=1S/C17H18N2OS/c1-2-10-19-21(20)16-6-3-13(4-7-16)14-5-8-17-15(12-14)9-11-18-17/h3-9,11-12,18-19H,2,10H2,1H3. The zero-order chi connectivity index (χ0) is 14.7. The van der Waals surface area contributed by atoms with Crippen LogP contribution in [-0.2, 0) is 11.4 Å². The molecular weight excluding hydrogens is 280 g/mol. The Labute approximate surface area is 127 Å². The minimum absolute atomic E-state index is 0.762. The van der Waals surface area contributed by atoms with E-state index in [1.54, 1.807) is 0 Å². The molecule has 0 fully saturated rings. The first kappa shape index (κ1) is 14.2. The van der Waals surface area contributed by atoms with E-state index < -0.39 is 11.4 Å². The van der Waals surface area contributed by atoms with Crippen molar-refractivity contribution in [2.24, 2.45) is 0 Å². The Balaban J connectivity index is 1.82. The normalized spacial score (nSPS) is 12.7. The molecule has 1 unspecified atom stereocenters. The van der Waals surface area contributed by atoms with Gasteiger partial charge in [-0.15, -0.1) is 4.72 Å². The highest BCUT2D eigenvalue weighted by molar-refractivity contribution is 7.89. The first-order chi connectivity index (χ1) is 10.3. The lowest BCUT2D eigenvalue weighted by molar-refractivity contribution is 0.580. The van der Waals surface area contributed by atoms with Crippen LogP contribution in [0.4, 0.5) is 0 Å². The molecule has 108 valence electrons. The van der Waals surface area contributed by atoms with E-state index in [1.165, 1.54) is 10.9 Å². The third-order valence-electron chi connectivity index (χ3n) is 3.44. The molecule has 0 amide bonds. The highest BCUT2D eigenvalue weighted by atomic mass is 32.2. The molecule has 21 heavy (non-hydrogen) atoms. The van der Waals surface area contributed by atoms with Crippen molar-refractivity contribution < 1.29 is 4.55 Å². The Morgan fingerprint density at radius 1 is 1.05 bits per heavy atom. The largest absolute Gasteiger partial charge is 0.593 e. The maximum absolute atomic E-state index is 12.0. The number of aromatic nitrogens is 1. The number of fused-ring (bicyclic) bond motifs is 1. The van der Waals surface area contributed by atoms with E-state index in [1.807, 2.05) is 30.5 Å². The van der Waals surface area contributed by atoms with Crippen molar-refractivity contribution in [1.82, 2.24) is 9.71 Å². The Hall–Kier alpha value is -1.75. The Morgan fingerprint density at radius 2 is 1.81 bits per heavy atom. The molecule has 3 rings (SSSR count). The molecule has 0 aliphatic rings. The molecule has 0 saturated heterocycles. The van der Waals surface area contributed by atoms with Gasteiger partial charge in [0.15, 0.2) is 4.90 Å². The predicted molar refractivity (Wildman–Crippen MR) is 88.4 cm³/mol. The van der Waals surface area contributed by atoms with Crippen molar-refractivity contribution in [1.29, 1.82) is 0 Å². The van der Waals surface area contributed by atoms with E-state index in [4.69, 9.17) is 0 Å². The lowest BCUT2D eigenvalue weighted by Crippen LogP contribution is -2.24. The number of aromatic amines is 1. The fourth-order valence-corrected chi connectivity index (χ4v) is 3.22. The molecule has 1 aromatic heterocycles. The number of nitrogens with one attached hydrogen (secondary N) is 2. The Morgan fingerprint density at radius 3 is 2.57 bits per heavy atom. The lowest BCUT2D eigenvalue weighted by Gasteiger charge is -2.10. The minimum Gasteiger partial charge on any atom is -0.593 e. The van der Waals surface area contributed by atoms with Crippen LogP contribution in [0.15, 0.2) is 59.6 Å². The monoisotopic (exact) mass is 298 g/mol. The Kier molecular flexibility index (Phi) is 4.29. The van der Waals surface area contributed by atoms with Gasteiger partial charge in [0.25, 0.3) is 0 Å². The van der Waals surface area contributed by atoms with E-state index in [9.17, 15) is 4.55 Å². The molecule has 3 nitrogen and oxygen atoms in total. The van der Waals surface area contributed by atoms with Crippen LogP contribution in [0.25, 0.3) is 22.0 Å². The first-order valence-electron chi connectivity index (χ1n) is 7.11. The van der Waals surface area contributed by atoms with Crippen LogP contribution in [0.3, 0.4) is 0 Å². The van der Waals surface area contributed by atoms with Gasteiger partial charge < -0.3 is 9.54 Å². The quantitative estimate of drug-likeness (QED) is 0.703. The summed E-state index contributed by atoms with van der Waals surface area (Å²) >= 11 is -1.12. The smallest absolute Gasteiger partial charge is 0.173 e. The molecular formula is C17H18N2OS. The summed E-state index contributed by atoms with van der Waals surface area (Å²) < 4.78 is 15.0. The van der Waals surface area contributed by atoms with Gasteiger partial charge in [-0.3, -0.25) is 0 Å². The third kappa shape index (κ3) is 3.13. The molecule has 1 atom stereocenters. The third-order valence-corrected chi connectivity index (χ3v) is 4.60. The van der Waals surface area contributed by atoms with Crippen molar-refractivity contribution in [3.63, 3.8) is 0 Å². The van der Waals surface area contributed by atoms with Crippen LogP contribution in [0.1, 0.15) is 13.3 Å². The van der Waals surface area contributed by atoms with Crippen LogP contribution in [0.2, 0.25) is 0 Å². The zero-order valence-electron chi connectivity index (χ0n) is 11.9. The van der Waals surface area contributed by atoms with Gasteiger partial charge in [0.2, 0.25) is 0 Å². The highest BCUT2D eigenvalue weighted by Gasteiger charge is 2.10. The van der Waals surface area contributed by atoms with Gasteiger partial charge in [0.1, 0.15) is 0 Å². The molecule has 2 aromatic carbocycles. The molecule has 3 aromatic rings. The Bertz CT molecular complexity index is 721. The molecule has 0 aliphatic heterocycles. The minimum atomic E-state index is -1.12. The van der Waals surface area contributed by atoms with Crippen LogP contribution in [0, 0.1) is 0 Å². The summed E-state index contributed by atoms with van der Waals surface area (Å²) in [6, 6.07) is 16.3. The van der Waals surface area contributed by atoms with Crippen LogP contribution in [0.5, 0.6) is 0 Å².